The Hall–Kier alpha value is -4.31. The van der Waals surface area contributed by atoms with Crippen molar-refractivity contribution in [3.8, 4) is 16.9 Å². The van der Waals surface area contributed by atoms with E-state index >= 15 is 0 Å². The number of rotatable bonds is 4. The minimum Gasteiger partial charge on any atom is -0.508 e. The van der Waals surface area contributed by atoms with Crippen LogP contribution in [0.25, 0.3) is 21.9 Å². The van der Waals surface area contributed by atoms with Gasteiger partial charge in [0.25, 0.3) is 11.5 Å². The van der Waals surface area contributed by atoms with Crippen molar-refractivity contribution in [2.45, 2.75) is 18.8 Å². The first-order chi connectivity index (χ1) is 16.9. The number of nitrogens with zero attached hydrogens (tertiary/aromatic N) is 1. The number of benzene rings is 2. The normalized spacial score (nSPS) is 14.2. The lowest BCUT2D eigenvalue weighted by Crippen LogP contribution is -2.27. The molecule has 178 valence electrons. The van der Waals surface area contributed by atoms with Crippen LogP contribution in [0.2, 0.25) is 0 Å². The molecule has 0 spiro atoms. The summed E-state index contributed by atoms with van der Waals surface area (Å²) < 4.78 is 19.2. The lowest BCUT2D eigenvalue weighted by molar-refractivity contribution is 0.0845. The summed E-state index contributed by atoms with van der Waals surface area (Å²) in [6.45, 7) is 1.08. The maximum atomic E-state index is 13.7. The van der Waals surface area contributed by atoms with E-state index in [9.17, 15) is 23.9 Å². The summed E-state index contributed by atoms with van der Waals surface area (Å²) in [6, 6.07) is 10.7. The second kappa shape index (κ2) is 9.15. The van der Waals surface area contributed by atoms with Crippen LogP contribution in [0.1, 0.15) is 34.9 Å². The third-order valence-electron chi connectivity index (χ3n) is 6.04. The number of anilines is 1. The number of carbonyl (C=O) groups excluding carboxylic acids is 1. The molecule has 3 heterocycles. The lowest BCUT2D eigenvalue weighted by atomic mass is 9.86. The van der Waals surface area contributed by atoms with E-state index in [0.29, 0.717) is 42.5 Å². The number of phenols is 1. The van der Waals surface area contributed by atoms with E-state index < -0.39 is 17.2 Å². The molecule has 0 saturated carbocycles. The predicted octanol–water partition coefficient (Wildman–Crippen LogP) is 3.27. The summed E-state index contributed by atoms with van der Waals surface area (Å²) in [5.74, 6) is -1.15. The number of fused-ring (bicyclic) bond motifs is 1. The van der Waals surface area contributed by atoms with Gasteiger partial charge in [0.1, 0.15) is 22.9 Å². The van der Waals surface area contributed by atoms with E-state index in [1.165, 1.54) is 24.3 Å². The van der Waals surface area contributed by atoms with Crippen LogP contribution in [0.5, 0.6) is 5.75 Å². The third-order valence-corrected chi connectivity index (χ3v) is 6.04. The van der Waals surface area contributed by atoms with Crippen molar-refractivity contribution in [2.24, 2.45) is 0 Å². The fourth-order valence-electron chi connectivity index (χ4n) is 4.36. The van der Waals surface area contributed by atoms with E-state index in [-0.39, 0.29) is 28.9 Å². The molecule has 9 nitrogen and oxygen atoms in total. The number of ether oxygens (including phenoxy) is 1. The Morgan fingerprint density at radius 2 is 1.83 bits per heavy atom. The van der Waals surface area contributed by atoms with Crippen LogP contribution in [0.3, 0.4) is 0 Å². The van der Waals surface area contributed by atoms with E-state index in [2.05, 4.69) is 15.3 Å². The number of hydrogen-bond acceptors (Lipinski definition) is 6. The monoisotopic (exact) mass is 476 g/mol. The number of halogens is 1. The minimum absolute atomic E-state index is 0.00820. The topological polar surface area (TPSA) is 137 Å². The molecule has 4 N–H and O–H groups in total. The third kappa shape index (κ3) is 4.43. The number of H-pyrrole nitrogens is 2. The Morgan fingerprint density at radius 1 is 1.09 bits per heavy atom. The molecule has 0 unspecified atom stereocenters. The van der Waals surface area contributed by atoms with Gasteiger partial charge in [-0.3, -0.25) is 14.6 Å². The quantitative estimate of drug-likeness (QED) is 0.357. The number of aromatic hydroxyl groups is 1. The average Bonchev–Trinajstić information content (AvgIpc) is 2.86. The first kappa shape index (κ1) is 22.5. The molecule has 0 bridgehead atoms. The van der Waals surface area contributed by atoms with Gasteiger partial charge in [0.15, 0.2) is 0 Å². The number of pyridine rings is 1. The van der Waals surface area contributed by atoms with Crippen molar-refractivity contribution in [3.05, 3.63) is 86.7 Å². The molecule has 4 aromatic rings. The smallest absolute Gasteiger partial charge is 0.325 e. The highest BCUT2D eigenvalue weighted by Gasteiger charge is 2.27. The van der Waals surface area contributed by atoms with Crippen LogP contribution in [0, 0.1) is 5.82 Å². The number of carbonyl (C=O) groups is 1. The Balaban J connectivity index is 1.73. The molecule has 1 aliphatic rings. The van der Waals surface area contributed by atoms with Gasteiger partial charge in [-0.2, -0.15) is 0 Å². The highest BCUT2D eigenvalue weighted by atomic mass is 19.1. The summed E-state index contributed by atoms with van der Waals surface area (Å²) in [7, 11) is 0. The molecule has 0 radical (unpaired) electrons. The molecule has 1 saturated heterocycles. The lowest BCUT2D eigenvalue weighted by Gasteiger charge is -2.25. The molecule has 2 aromatic heterocycles. The second-order valence-electron chi connectivity index (χ2n) is 8.28. The van der Waals surface area contributed by atoms with Crippen LogP contribution in [-0.2, 0) is 4.74 Å². The van der Waals surface area contributed by atoms with Gasteiger partial charge in [-0.1, -0.05) is 12.1 Å². The maximum absolute atomic E-state index is 13.7. The summed E-state index contributed by atoms with van der Waals surface area (Å²) in [5, 5.41) is 13.7. The van der Waals surface area contributed by atoms with Crippen molar-refractivity contribution in [1.82, 2.24) is 15.0 Å². The number of phenolic OH excluding ortho intramolecular Hbond substituents is 1. The Labute approximate surface area is 197 Å². The molecule has 1 fully saturated rings. The van der Waals surface area contributed by atoms with Crippen LogP contribution >= 0.6 is 0 Å². The first-order valence-electron chi connectivity index (χ1n) is 11.0. The number of aromatic nitrogens is 3. The van der Waals surface area contributed by atoms with Crippen molar-refractivity contribution in [2.75, 3.05) is 18.5 Å². The van der Waals surface area contributed by atoms with Gasteiger partial charge in [0, 0.05) is 36.3 Å². The Kier molecular flexibility index (Phi) is 5.87. The minimum atomic E-state index is -0.762. The molecular weight excluding hydrogens is 455 g/mol. The second-order valence-corrected chi connectivity index (χ2v) is 8.28. The largest absolute Gasteiger partial charge is 0.508 e. The fourth-order valence-corrected chi connectivity index (χ4v) is 4.36. The molecule has 35 heavy (non-hydrogen) atoms. The number of aromatic amines is 2. The Morgan fingerprint density at radius 3 is 2.54 bits per heavy atom. The van der Waals surface area contributed by atoms with E-state index in [0.717, 1.165) is 17.3 Å². The molecule has 0 atom stereocenters. The highest BCUT2D eigenvalue weighted by molar-refractivity contribution is 6.14. The standard InChI is InChI=1S/C25H21FN4O5/c26-15-3-1-13(2-4-15)20-17-6-5-16(31)11-18(17)22(29-21(20)14-7-9-35-10-8-14)24(33)28-19-12-27-25(34)30-23(19)32/h1-6,11-12,14,31H,7-10H2,(H,28,33)(H2,27,30,32,34). The van der Waals surface area contributed by atoms with Crippen LogP contribution in [0.15, 0.2) is 58.3 Å². The summed E-state index contributed by atoms with van der Waals surface area (Å²) in [6.07, 6.45) is 2.47. The molecule has 10 heteroatoms. The van der Waals surface area contributed by atoms with Crippen molar-refractivity contribution < 1.29 is 19.0 Å². The van der Waals surface area contributed by atoms with Crippen LogP contribution in [-0.4, -0.2) is 39.2 Å². The van der Waals surface area contributed by atoms with Crippen LogP contribution < -0.4 is 16.6 Å². The number of amides is 1. The van der Waals surface area contributed by atoms with Crippen molar-refractivity contribution in [1.29, 1.82) is 0 Å². The van der Waals surface area contributed by atoms with Gasteiger partial charge in [-0.05, 0) is 54.1 Å². The van der Waals surface area contributed by atoms with Gasteiger partial charge >= 0.3 is 5.69 Å². The summed E-state index contributed by atoms with van der Waals surface area (Å²) in [4.78, 5) is 45.9. The van der Waals surface area contributed by atoms with E-state index in [1.807, 2.05) is 0 Å². The van der Waals surface area contributed by atoms with Gasteiger partial charge in [0.2, 0.25) is 0 Å². The average molecular weight is 476 g/mol. The molecule has 5 rings (SSSR count). The van der Waals surface area contributed by atoms with Gasteiger partial charge < -0.3 is 20.1 Å². The number of nitrogens with one attached hydrogen (secondary N) is 3. The van der Waals surface area contributed by atoms with Gasteiger partial charge in [-0.25, -0.2) is 14.2 Å². The molecule has 2 aromatic carbocycles. The molecule has 0 aliphatic carbocycles. The molecule has 1 amide bonds. The zero-order valence-electron chi connectivity index (χ0n) is 18.4. The highest BCUT2D eigenvalue weighted by Crippen LogP contribution is 2.40. The predicted molar refractivity (Wildman–Crippen MR) is 127 cm³/mol. The maximum Gasteiger partial charge on any atom is 0.325 e. The SMILES string of the molecule is O=C(Nc1c[nH]c(=O)[nH]c1=O)c1nc(C2CCOCC2)c(-c2ccc(F)cc2)c2ccc(O)cc12. The van der Waals surface area contributed by atoms with Crippen molar-refractivity contribution in [3.63, 3.8) is 0 Å². The molecule has 1 aliphatic heterocycles. The Bertz CT molecular complexity index is 1540. The van der Waals surface area contributed by atoms with E-state index in [4.69, 9.17) is 9.72 Å². The first-order valence-corrected chi connectivity index (χ1v) is 11.0. The number of hydrogen-bond donors (Lipinski definition) is 4. The fraction of sp³-hybridized carbons (Fsp3) is 0.200. The summed E-state index contributed by atoms with van der Waals surface area (Å²) in [5.41, 5.74) is 0.506. The van der Waals surface area contributed by atoms with Crippen LogP contribution in [0.4, 0.5) is 10.1 Å². The van der Waals surface area contributed by atoms with Crippen molar-refractivity contribution >= 4 is 22.4 Å². The zero-order valence-corrected chi connectivity index (χ0v) is 18.4. The van der Waals surface area contributed by atoms with Gasteiger partial charge in [-0.15, -0.1) is 0 Å². The zero-order chi connectivity index (χ0) is 24.5. The van der Waals surface area contributed by atoms with Gasteiger partial charge in [0.05, 0.1) is 5.69 Å². The summed E-state index contributed by atoms with van der Waals surface area (Å²) >= 11 is 0. The molecular formula is C25H21FN4O5. The van der Waals surface area contributed by atoms with E-state index in [1.54, 1.807) is 18.2 Å².